The van der Waals surface area contributed by atoms with E-state index in [9.17, 15) is 18.0 Å². The van der Waals surface area contributed by atoms with Crippen LogP contribution in [0.4, 0.5) is 0 Å². The number of hydrazine groups is 1. The Balaban J connectivity index is 1.62. The van der Waals surface area contributed by atoms with Crippen molar-refractivity contribution in [2.24, 2.45) is 5.92 Å². The molecule has 0 bridgehead atoms. The van der Waals surface area contributed by atoms with Crippen LogP contribution >= 0.6 is 0 Å². The maximum absolute atomic E-state index is 12.6. The number of benzene rings is 1. The normalized spacial score (nSPS) is 13.9. The van der Waals surface area contributed by atoms with Gasteiger partial charge in [0.05, 0.1) is 13.7 Å². The molecule has 1 aliphatic heterocycles. The molecule has 1 fully saturated rings. The first-order valence-electron chi connectivity index (χ1n) is 10.8. The fourth-order valence-corrected chi connectivity index (χ4v) is 4.15. The zero-order valence-electron chi connectivity index (χ0n) is 19.0. The average Bonchev–Trinajstić information content (AvgIpc) is 3.50. The number of likely N-dealkylation sites (tertiary alicyclic amines) is 1. The van der Waals surface area contributed by atoms with Crippen LogP contribution < -0.4 is 19.7 Å². The molecule has 0 spiro atoms. The van der Waals surface area contributed by atoms with Gasteiger partial charge in [0.2, 0.25) is 0 Å². The second-order valence-electron chi connectivity index (χ2n) is 8.20. The number of amides is 2. The van der Waals surface area contributed by atoms with Gasteiger partial charge in [-0.1, -0.05) is 13.8 Å². The molecule has 1 saturated heterocycles. The summed E-state index contributed by atoms with van der Waals surface area (Å²) in [6.07, 6.45) is 3.95. The predicted molar refractivity (Wildman–Crippen MR) is 122 cm³/mol. The molecule has 3 N–H and O–H groups in total. The molecule has 0 aliphatic carbocycles. The number of ether oxygens (including phenoxy) is 2. The van der Waals surface area contributed by atoms with E-state index in [2.05, 4.69) is 24.3 Å². The summed E-state index contributed by atoms with van der Waals surface area (Å²) in [7, 11) is -2.62. The van der Waals surface area contributed by atoms with Crippen LogP contribution in [0.15, 0.2) is 35.4 Å². The number of aromatic nitrogens is 1. The van der Waals surface area contributed by atoms with E-state index in [0.717, 1.165) is 19.3 Å². The van der Waals surface area contributed by atoms with Crippen LogP contribution in [-0.4, -0.2) is 56.9 Å². The summed E-state index contributed by atoms with van der Waals surface area (Å²) in [5, 5.41) is 0. The van der Waals surface area contributed by atoms with Crippen molar-refractivity contribution in [2.45, 2.75) is 38.0 Å². The number of sulfonamides is 1. The molecule has 1 aliphatic rings. The van der Waals surface area contributed by atoms with Crippen LogP contribution in [-0.2, 0) is 10.0 Å². The van der Waals surface area contributed by atoms with Crippen LogP contribution in [0.25, 0.3) is 0 Å². The number of rotatable bonds is 10. The Hall–Kier alpha value is -3.05. The minimum Gasteiger partial charge on any atom is -0.493 e. The van der Waals surface area contributed by atoms with Crippen LogP contribution in [0.5, 0.6) is 11.5 Å². The molecular formula is C22H30N4O6S. The van der Waals surface area contributed by atoms with Gasteiger partial charge < -0.3 is 19.4 Å². The first-order valence-corrected chi connectivity index (χ1v) is 12.3. The van der Waals surface area contributed by atoms with E-state index >= 15 is 0 Å². The Labute approximate surface area is 193 Å². The van der Waals surface area contributed by atoms with Crippen LogP contribution in [0.3, 0.4) is 0 Å². The van der Waals surface area contributed by atoms with Gasteiger partial charge in [-0.3, -0.25) is 15.0 Å². The van der Waals surface area contributed by atoms with Gasteiger partial charge in [0.1, 0.15) is 10.6 Å². The third kappa shape index (κ3) is 6.26. The van der Waals surface area contributed by atoms with Crippen molar-refractivity contribution in [1.82, 2.24) is 20.1 Å². The molecule has 0 radical (unpaired) electrons. The fraction of sp³-hybridized carbons (Fsp3) is 0.455. The largest absolute Gasteiger partial charge is 0.493 e. The lowest BCUT2D eigenvalue weighted by atomic mass is 10.1. The summed E-state index contributed by atoms with van der Waals surface area (Å²) in [6, 6.07) is 5.84. The molecule has 33 heavy (non-hydrogen) atoms. The van der Waals surface area contributed by atoms with Gasteiger partial charge in [-0.15, -0.1) is 4.83 Å². The number of hydrogen-bond donors (Lipinski definition) is 3. The first kappa shape index (κ1) is 24.6. The second-order valence-corrected chi connectivity index (χ2v) is 9.89. The minimum absolute atomic E-state index is 0.156. The van der Waals surface area contributed by atoms with Crippen LogP contribution in [0.2, 0.25) is 0 Å². The van der Waals surface area contributed by atoms with Gasteiger partial charge in [-0.25, -0.2) is 8.42 Å². The average molecular weight is 479 g/mol. The van der Waals surface area contributed by atoms with E-state index in [0.29, 0.717) is 37.1 Å². The third-order valence-corrected chi connectivity index (χ3v) is 6.50. The SMILES string of the molecule is COc1cc(C(=O)NNS(=O)(=O)c2c[nH]c(C(=O)N3CCCC3)c2)ccc1OCCC(C)C. The van der Waals surface area contributed by atoms with Crippen molar-refractivity contribution < 1.29 is 27.5 Å². The highest BCUT2D eigenvalue weighted by Gasteiger charge is 2.24. The molecule has 2 heterocycles. The minimum atomic E-state index is -4.08. The van der Waals surface area contributed by atoms with E-state index in [1.165, 1.54) is 31.5 Å². The van der Waals surface area contributed by atoms with Crippen molar-refractivity contribution in [2.75, 3.05) is 26.8 Å². The lowest BCUT2D eigenvalue weighted by Gasteiger charge is -2.13. The predicted octanol–water partition coefficient (Wildman–Crippen LogP) is 2.31. The number of aromatic amines is 1. The van der Waals surface area contributed by atoms with Crippen LogP contribution in [0, 0.1) is 5.92 Å². The Morgan fingerprint density at radius 1 is 1.15 bits per heavy atom. The molecule has 2 amide bonds. The van der Waals surface area contributed by atoms with Gasteiger partial charge in [-0.2, -0.15) is 0 Å². The molecule has 0 unspecified atom stereocenters. The molecule has 180 valence electrons. The number of nitrogens with one attached hydrogen (secondary N) is 3. The molecule has 1 aromatic carbocycles. The number of carbonyl (C=O) groups is 2. The fourth-order valence-electron chi connectivity index (χ4n) is 3.32. The molecule has 0 atom stereocenters. The van der Waals surface area contributed by atoms with Gasteiger partial charge in [0, 0.05) is 24.8 Å². The van der Waals surface area contributed by atoms with Gasteiger partial charge in [0.15, 0.2) is 11.5 Å². The van der Waals surface area contributed by atoms with Crippen molar-refractivity contribution >= 4 is 21.8 Å². The summed E-state index contributed by atoms with van der Waals surface area (Å²) in [4.78, 5) is 31.2. The molecule has 1 aromatic heterocycles. The number of carbonyl (C=O) groups excluding carboxylic acids is 2. The Kier molecular flexibility index (Phi) is 7.98. The molecule has 2 aromatic rings. The van der Waals surface area contributed by atoms with Gasteiger partial charge >= 0.3 is 0 Å². The van der Waals surface area contributed by atoms with Crippen molar-refractivity contribution in [3.63, 3.8) is 0 Å². The molecule has 3 rings (SSSR count). The lowest BCUT2D eigenvalue weighted by molar-refractivity contribution is 0.0787. The highest BCUT2D eigenvalue weighted by atomic mass is 32.2. The number of methoxy groups -OCH3 is 1. The summed E-state index contributed by atoms with van der Waals surface area (Å²) >= 11 is 0. The second kappa shape index (κ2) is 10.7. The smallest absolute Gasteiger partial charge is 0.270 e. The highest BCUT2D eigenvalue weighted by Crippen LogP contribution is 2.28. The molecule has 0 saturated carbocycles. The quantitative estimate of drug-likeness (QED) is 0.449. The molecule has 11 heteroatoms. The van der Waals surface area contributed by atoms with Crippen molar-refractivity contribution in [1.29, 1.82) is 0 Å². The van der Waals surface area contributed by atoms with Crippen molar-refractivity contribution in [3.8, 4) is 11.5 Å². The zero-order chi connectivity index (χ0) is 24.0. The Morgan fingerprint density at radius 2 is 1.88 bits per heavy atom. The Bertz CT molecular complexity index is 1090. The Morgan fingerprint density at radius 3 is 2.55 bits per heavy atom. The van der Waals surface area contributed by atoms with E-state index in [4.69, 9.17) is 9.47 Å². The van der Waals surface area contributed by atoms with Crippen molar-refractivity contribution in [3.05, 3.63) is 41.7 Å². The maximum Gasteiger partial charge on any atom is 0.270 e. The summed E-state index contributed by atoms with van der Waals surface area (Å²) in [6.45, 7) is 6.00. The summed E-state index contributed by atoms with van der Waals surface area (Å²) in [5.74, 6) is 0.432. The van der Waals surface area contributed by atoms with Crippen LogP contribution in [0.1, 0.15) is 54.0 Å². The summed E-state index contributed by atoms with van der Waals surface area (Å²) < 4.78 is 36.1. The highest BCUT2D eigenvalue weighted by molar-refractivity contribution is 7.89. The van der Waals surface area contributed by atoms with Gasteiger partial charge in [0.25, 0.3) is 21.8 Å². The molecular weight excluding hydrogens is 448 g/mol. The van der Waals surface area contributed by atoms with E-state index < -0.39 is 15.9 Å². The monoisotopic (exact) mass is 478 g/mol. The topological polar surface area (TPSA) is 130 Å². The molecule has 10 nitrogen and oxygen atoms in total. The third-order valence-electron chi connectivity index (χ3n) is 5.27. The number of hydrogen-bond acceptors (Lipinski definition) is 6. The van der Waals surface area contributed by atoms with Gasteiger partial charge in [-0.05, 0) is 49.4 Å². The van der Waals surface area contributed by atoms with E-state index in [1.54, 1.807) is 11.0 Å². The lowest BCUT2D eigenvalue weighted by Crippen LogP contribution is -2.41. The number of H-pyrrole nitrogens is 1. The standard InChI is InChI=1S/C22H30N4O6S/c1-15(2)8-11-32-19-7-6-16(12-20(19)31-3)21(27)24-25-33(29,30)17-13-18(23-14-17)22(28)26-9-4-5-10-26/h6-7,12-15,23,25H,4-5,8-11H2,1-3H3,(H,24,27). The maximum atomic E-state index is 12.6. The zero-order valence-corrected chi connectivity index (χ0v) is 19.8. The first-order chi connectivity index (χ1) is 15.7. The summed E-state index contributed by atoms with van der Waals surface area (Å²) in [5.41, 5.74) is 2.54. The number of nitrogens with zero attached hydrogens (tertiary/aromatic N) is 1. The van der Waals surface area contributed by atoms with E-state index in [1.807, 2.05) is 4.83 Å². The van der Waals surface area contributed by atoms with E-state index in [-0.39, 0.29) is 22.1 Å².